The standard InChI is InChI=1S/C15H14FNO/c16-14-4-3-11(7-17)15(6-14)10-1-2-12-8-18-9-13(12)5-10/h1-6H,7-9,17H2. The molecule has 0 radical (unpaired) electrons. The maximum Gasteiger partial charge on any atom is 0.123 e. The van der Waals surface area contributed by atoms with E-state index in [1.807, 2.05) is 12.1 Å². The van der Waals surface area contributed by atoms with Crippen LogP contribution in [0.1, 0.15) is 16.7 Å². The number of nitrogens with two attached hydrogens (primary N) is 1. The normalized spacial score (nSPS) is 13.7. The molecule has 2 aromatic rings. The Morgan fingerprint density at radius 1 is 1.06 bits per heavy atom. The van der Waals surface area contributed by atoms with Crippen LogP contribution in [0.15, 0.2) is 36.4 Å². The summed E-state index contributed by atoms with van der Waals surface area (Å²) in [4.78, 5) is 0. The molecule has 1 aliphatic rings. The van der Waals surface area contributed by atoms with Crippen molar-refractivity contribution in [1.29, 1.82) is 0 Å². The van der Waals surface area contributed by atoms with E-state index < -0.39 is 0 Å². The first-order chi connectivity index (χ1) is 8.78. The first kappa shape index (κ1) is 11.4. The van der Waals surface area contributed by atoms with Crippen molar-refractivity contribution in [2.75, 3.05) is 0 Å². The number of rotatable bonds is 2. The summed E-state index contributed by atoms with van der Waals surface area (Å²) in [6, 6.07) is 10.8. The Kier molecular flexibility index (Phi) is 2.86. The van der Waals surface area contributed by atoms with Crippen LogP contribution < -0.4 is 5.73 Å². The first-order valence-corrected chi connectivity index (χ1v) is 5.96. The zero-order valence-corrected chi connectivity index (χ0v) is 9.95. The predicted molar refractivity (Wildman–Crippen MR) is 68.2 cm³/mol. The van der Waals surface area contributed by atoms with Gasteiger partial charge < -0.3 is 10.5 Å². The van der Waals surface area contributed by atoms with Crippen LogP contribution in [0, 0.1) is 5.82 Å². The van der Waals surface area contributed by atoms with Crippen LogP contribution in [0.2, 0.25) is 0 Å². The van der Waals surface area contributed by atoms with Crippen molar-refractivity contribution in [3.63, 3.8) is 0 Å². The molecule has 1 heterocycles. The third kappa shape index (κ3) is 1.92. The molecule has 2 aromatic carbocycles. The molecule has 18 heavy (non-hydrogen) atoms. The molecular weight excluding hydrogens is 229 g/mol. The SMILES string of the molecule is NCc1ccc(F)cc1-c1ccc2c(c1)COC2. The fraction of sp³-hybridized carbons (Fsp3) is 0.200. The van der Waals surface area contributed by atoms with Gasteiger partial charge in [-0.15, -0.1) is 0 Å². The Morgan fingerprint density at radius 2 is 1.89 bits per heavy atom. The van der Waals surface area contributed by atoms with E-state index in [0.717, 1.165) is 16.7 Å². The summed E-state index contributed by atoms with van der Waals surface area (Å²) in [5.41, 5.74) is 10.9. The largest absolute Gasteiger partial charge is 0.372 e. The molecule has 3 rings (SSSR count). The van der Waals surface area contributed by atoms with Crippen molar-refractivity contribution >= 4 is 0 Å². The molecule has 0 aromatic heterocycles. The van der Waals surface area contributed by atoms with E-state index >= 15 is 0 Å². The highest BCUT2D eigenvalue weighted by molar-refractivity contribution is 5.68. The number of ether oxygens (including phenoxy) is 1. The lowest BCUT2D eigenvalue weighted by atomic mass is 9.96. The highest BCUT2D eigenvalue weighted by Crippen LogP contribution is 2.29. The van der Waals surface area contributed by atoms with Gasteiger partial charge in [0, 0.05) is 6.54 Å². The molecule has 0 spiro atoms. The summed E-state index contributed by atoms with van der Waals surface area (Å²) in [6.07, 6.45) is 0. The Hall–Kier alpha value is -1.71. The van der Waals surface area contributed by atoms with E-state index in [1.54, 1.807) is 12.1 Å². The summed E-state index contributed by atoms with van der Waals surface area (Å²) in [5, 5.41) is 0. The Labute approximate surface area is 105 Å². The van der Waals surface area contributed by atoms with Crippen LogP contribution in [-0.4, -0.2) is 0 Å². The number of hydrogen-bond acceptors (Lipinski definition) is 2. The lowest BCUT2D eigenvalue weighted by Crippen LogP contribution is -1.99. The van der Waals surface area contributed by atoms with Crippen LogP contribution in [-0.2, 0) is 24.5 Å². The molecular formula is C15H14FNO. The fourth-order valence-corrected chi connectivity index (χ4v) is 2.33. The lowest BCUT2D eigenvalue weighted by Gasteiger charge is -2.09. The lowest BCUT2D eigenvalue weighted by molar-refractivity contribution is 0.134. The van der Waals surface area contributed by atoms with Gasteiger partial charge in [0.2, 0.25) is 0 Å². The molecule has 0 fully saturated rings. The smallest absolute Gasteiger partial charge is 0.123 e. The zero-order valence-electron chi connectivity index (χ0n) is 9.95. The van der Waals surface area contributed by atoms with Gasteiger partial charge in [0.1, 0.15) is 5.82 Å². The number of benzene rings is 2. The van der Waals surface area contributed by atoms with E-state index in [1.165, 1.54) is 17.2 Å². The minimum Gasteiger partial charge on any atom is -0.372 e. The maximum atomic E-state index is 13.4. The van der Waals surface area contributed by atoms with Gasteiger partial charge in [0.25, 0.3) is 0 Å². The van der Waals surface area contributed by atoms with Gasteiger partial charge in [-0.05, 0) is 46.0 Å². The Balaban J connectivity index is 2.12. The van der Waals surface area contributed by atoms with Gasteiger partial charge in [-0.3, -0.25) is 0 Å². The molecule has 0 aliphatic carbocycles. The summed E-state index contributed by atoms with van der Waals surface area (Å²) in [7, 11) is 0. The summed E-state index contributed by atoms with van der Waals surface area (Å²) in [6.45, 7) is 1.71. The average molecular weight is 243 g/mol. The van der Waals surface area contributed by atoms with Crippen LogP contribution in [0.25, 0.3) is 11.1 Å². The van der Waals surface area contributed by atoms with Crippen LogP contribution in [0.5, 0.6) is 0 Å². The second kappa shape index (κ2) is 4.52. The molecule has 0 amide bonds. The minimum absolute atomic E-state index is 0.237. The monoisotopic (exact) mass is 243 g/mol. The van der Waals surface area contributed by atoms with E-state index in [-0.39, 0.29) is 5.82 Å². The third-order valence-corrected chi connectivity index (χ3v) is 3.32. The van der Waals surface area contributed by atoms with Crippen LogP contribution >= 0.6 is 0 Å². The van der Waals surface area contributed by atoms with E-state index in [9.17, 15) is 4.39 Å². The van der Waals surface area contributed by atoms with Gasteiger partial charge in [-0.1, -0.05) is 18.2 Å². The molecule has 1 aliphatic heterocycles. The highest BCUT2D eigenvalue weighted by atomic mass is 19.1. The van der Waals surface area contributed by atoms with Crippen LogP contribution in [0.4, 0.5) is 4.39 Å². The molecule has 92 valence electrons. The van der Waals surface area contributed by atoms with Gasteiger partial charge in [0.15, 0.2) is 0 Å². The molecule has 2 nitrogen and oxygen atoms in total. The molecule has 0 unspecified atom stereocenters. The first-order valence-electron chi connectivity index (χ1n) is 5.96. The van der Waals surface area contributed by atoms with E-state index in [4.69, 9.17) is 10.5 Å². The number of halogens is 1. The summed E-state index contributed by atoms with van der Waals surface area (Å²) >= 11 is 0. The molecule has 0 bridgehead atoms. The summed E-state index contributed by atoms with van der Waals surface area (Å²) in [5.74, 6) is -0.237. The number of hydrogen-bond donors (Lipinski definition) is 1. The molecule has 0 saturated heterocycles. The molecule has 2 N–H and O–H groups in total. The van der Waals surface area contributed by atoms with Gasteiger partial charge >= 0.3 is 0 Å². The topological polar surface area (TPSA) is 35.2 Å². The van der Waals surface area contributed by atoms with Crippen molar-refractivity contribution in [1.82, 2.24) is 0 Å². The van der Waals surface area contributed by atoms with Gasteiger partial charge in [0.05, 0.1) is 13.2 Å². The fourth-order valence-electron chi connectivity index (χ4n) is 2.33. The predicted octanol–water partition coefficient (Wildman–Crippen LogP) is 2.98. The van der Waals surface area contributed by atoms with Crippen molar-refractivity contribution in [2.24, 2.45) is 5.73 Å². The van der Waals surface area contributed by atoms with Crippen LogP contribution in [0.3, 0.4) is 0 Å². The minimum atomic E-state index is -0.237. The third-order valence-electron chi connectivity index (χ3n) is 3.32. The summed E-state index contributed by atoms with van der Waals surface area (Å²) < 4.78 is 18.8. The van der Waals surface area contributed by atoms with Crippen molar-refractivity contribution in [3.8, 4) is 11.1 Å². The molecule has 0 saturated carbocycles. The molecule has 3 heteroatoms. The second-order valence-corrected chi connectivity index (χ2v) is 4.48. The average Bonchev–Trinajstić information content (AvgIpc) is 2.85. The molecule has 0 atom stereocenters. The van der Waals surface area contributed by atoms with E-state index in [2.05, 4.69) is 6.07 Å². The van der Waals surface area contributed by atoms with Crippen molar-refractivity contribution < 1.29 is 9.13 Å². The second-order valence-electron chi connectivity index (χ2n) is 4.48. The van der Waals surface area contributed by atoms with Crippen molar-refractivity contribution in [2.45, 2.75) is 19.8 Å². The Bertz CT molecular complexity index is 595. The quantitative estimate of drug-likeness (QED) is 0.880. The van der Waals surface area contributed by atoms with Crippen molar-refractivity contribution in [3.05, 3.63) is 58.9 Å². The maximum absolute atomic E-state index is 13.4. The number of fused-ring (bicyclic) bond motifs is 1. The van der Waals surface area contributed by atoms with Gasteiger partial charge in [-0.2, -0.15) is 0 Å². The van der Waals surface area contributed by atoms with E-state index in [0.29, 0.717) is 19.8 Å². The highest BCUT2D eigenvalue weighted by Gasteiger charge is 2.13. The van der Waals surface area contributed by atoms with Gasteiger partial charge in [-0.25, -0.2) is 4.39 Å². The Morgan fingerprint density at radius 3 is 2.72 bits per heavy atom. The zero-order chi connectivity index (χ0) is 12.5.